The molecule has 1 aliphatic heterocycles. The summed E-state index contributed by atoms with van der Waals surface area (Å²) >= 11 is 1.55. The van der Waals surface area contributed by atoms with Crippen molar-refractivity contribution in [3.8, 4) is 5.82 Å². The molecule has 1 aliphatic rings. The predicted octanol–water partition coefficient (Wildman–Crippen LogP) is 2.54. The van der Waals surface area contributed by atoms with E-state index >= 15 is 0 Å². The van der Waals surface area contributed by atoms with Crippen molar-refractivity contribution in [1.29, 1.82) is 0 Å². The second-order valence-electron chi connectivity index (χ2n) is 6.92. The van der Waals surface area contributed by atoms with Gasteiger partial charge in [0.15, 0.2) is 0 Å². The predicted molar refractivity (Wildman–Crippen MR) is 112 cm³/mol. The molecule has 4 aromatic rings. The maximum atomic E-state index is 12.9. The number of hydrogen-bond donors (Lipinski definition) is 0. The molecule has 9 heteroatoms. The van der Waals surface area contributed by atoms with Crippen LogP contribution < -0.4 is 4.90 Å². The van der Waals surface area contributed by atoms with Crippen molar-refractivity contribution in [2.45, 2.75) is 6.92 Å². The number of hydrogen-bond acceptors (Lipinski definition) is 7. The van der Waals surface area contributed by atoms with E-state index in [0.717, 1.165) is 40.5 Å². The van der Waals surface area contributed by atoms with E-state index in [1.807, 2.05) is 46.9 Å². The van der Waals surface area contributed by atoms with Crippen molar-refractivity contribution in [2.24, 2.45) is 0 Å². The van der Waals surface area contributed by atoms with Crippen LogP contribution in [0.25, 0.3) is 16.0 Å². The topological polar surface area (TPSA) is 80.0 Å². The van der Waals surface area contributed by atoms with Crippen LogP contribution in [-0.2, 0) is 0 Å². The molecule has 1 fully saturated rings. The zero-order valence-corrected chi connectivity index (χ0v) is 16.7. The SMILES string of the molecule is Cc1nc(N2CCN(C(=O)c3ccc4ncsc4c3)CC2)cc(-n2ccnc2)n1. The van der Waals surface area contributed by atoms with Crippen molar-refractivity contribution in [3.05, 3.63) is 59.9 Å². The number of aryl methyl sites for hydroxylation is 1. The first-order valence-corrected chi connectivity index (χ1v) is 10.3. The molecule has 0 bridgehead atoms. The molecule has 0 N–H and O–H groups in total. The molecule has 4 heterocycles. The Bertz CT molecular complexity index is 1160. The number of benzene rings is 1. The zero-order chi connectivity index (χ0) is 19.8. The molecule has 146 valence electrons. The highest BCUT2D eigenvalue weighted by atomic mass is 32.1. The third-order valence-corrected chi connectivity index (χ3v) is 5.84. The van der Waals surface area contributed by atoms with Crippen LogP contribution in [-0.4, -0.2) is 61.5 Å². The third kappa shape index (κ3) is 3.44. The second-order valence-corrected chi connectivity index (χ2v) is 7.80. The minimum Gasteiger partial charge on any atom is -0.353 e. The first kappa shape index (κ1) is 17.7. The highest BCUT2D eigenvalue weighted by molar-refractivity contribution is 7.16. The van der Waals surface area contributed by atoms with Crippen LogP contribution in [0.3, 0.4) is 0 Å². The van der Waals surface area contributed by atoms with Gasteiger partial charge in [-0.3, -0.25) is 9.36 Å². The monoisotopic (exact) mass is 405 g/mol. The number of carbonyl (C=O) groups is 1. The molecule has 1 aromatic carbocycles. The summed E-state index contributed by atoms with van der Waals surface area (Å²) in [5, 5.41) is 0. The van der Waals surface area contributed by atoms with E-state index in [9.17, 15) is 4.79 Å². The summed E-state index contributed by atoms with van der Waals surface area (Å²) in [5.41, 5.74) is 3.46. The van der Waals surface area contributed by atoms with Gasteiger partial charge in [-0.2, -0.15) is 0 Å². The lowest BCUT2D eigenvalue weighted by molar-refractivity contribution is 0.0746. The van der Waals surface area contributed by atoms with Crippen molar-refractivity contribution in [3.63, 3.8) is 0 Å². The Balaban J connectivity index is 1.30. The van der Waals surface area contributed by atoms with Crippen LogP contribution in [0.2, 0.25) is 0 Å². The number of nitrogens with zero attached hydrogens (tertiary/aromatic N) is 7. The zero-order valence-electron chi connectivity index (χ0n) is 15.9. The second kappa shape index (κ2) is 7.25. The normalized spacial score (nSPS) is 14.5. The standard InChI is InChI=1S/C20H19N7OS/c1-14-23-18(11-19(24-14)27-5-4-21-12-27)25-6-8-26(9-7-25)20(28)15-2-3-16-17(10-15)29-13-22-16/h2-5,10-13H,6-9H2,1H3. The van der Waals surface area contributed by atoms with Crippen LogP contribution >= 0.6 is 11.3 Å². The Hall–Kier alpha value is -3.33. The largest absolute Gasteiger partial charge is 0.353 e. The van der Waals surface area contributed by atoms with Gasteiger partial charge in [0.1, 0.15) is 23.8 Å². The van der Waals surface area contributed by atoms with Gasteiger partial charge in [-0.25, -0.2) is 19.9 Å². The molecular formula is C20H19N7OS. The molecular weight excluding hydrogens is 386 g/mol. The first-order chi connectivity index (χ1) is 14.2. The number of aromatic nitrogens is 5. The minimum absolute atomic E-state index is 0.0675. The molecule has 0 spiro atoms. The molecule has 0 aliphatic carbocycles. The van der Waals surface area contributed by atoms with E-state index in [-0.39, 0.29) is 5.91 Å². The van der Waals surface area contributed by atoms with Crippen LogP contribution in [0.1, 0.15) is 16.2 Å². The molecule has 5 rings (SSSR count). The fraction of sp³-hybridized carbons (Fsp3) is 0.250. The van der Waals surface area contributed by atoms with Gasteiger partial charge >= 0.3 is 0 Å². The molecule has 0 unspecified atom stereocenters. The van der Waals surface area contributed by atoms with Crippen LogP contribution in [0, 0.1) is 6.92 Å². The van der Waals surface area contributed by atoms with Crippen LogP contribution in [0.15, 0.2) is 48.5 Å². The number of amides is 1. The smallest absolute Gasteiger partial charge is 0.254 e. The summed E-state index contributed by atoms with van der Waals surface area (Å²) in [5.74, 6) is 2.45. The lowest BCUT2D eigenvalue weighted by atomic mass is 10.1. The van der Waals surface area contributed by atoms with Gasteiger partial charge in [-0.1, -0.05) is 0 Å². The van der Waals surface area contributed by atoms with Crippen molar-refractivity contribution >= 4 is 33.3 Å². The van der Waals surface area contributed by atoms with Crippen molar-refractivity contribution < 1.29 is 4.79 Å². The molecule has 0 atom stereocenters. The number of carbonyl (C=O) groups excluding carboxylic acids is 1. The Labute approximate surface area is 171 Å². The van der Waals surface area contributed by atoms with Crippen molar-refractivity contribution in [2.75, 3.05) is 31.1 Å². The maximum Gasteiger partial charge on any atom is 0.254 e. The minimum atomic E-state index is 0.0675. The Morgan fingerprint density at radius 2 is 1.90 bits per heavy atom. The number of piperazine rings is 1. The number of imidazole rings is 1. The molecule has 0 saturated carbocycles. The van der Waals surface area contributed by atoms with Gasteiger partial charge in [-0.05, 0) is 25.1 Å². The highest BCUT2D eigenvalue weighted by Gasteiger charge is 2.24. The Morgan fingerprint density at radius 3 is 2.69 bits per heavy atom. The summed E-state index contributed by atoms with van der Waals surface area (Å²) in [7, 11) is 0. The molecule has 1 amide bonds. The van der Waals surface area contributed by atoms with E-state index in [2.05, 4.69) is 24.8 Å². The highest BCUT2D eigenvalue weighted by Crippen LogP contribution is 2.22. The third-order valence-electron chi connectivity index (χ3n) is 5.05. The van der Waals surface area contributed by atoms with E-state index in [4.69, 9.17) is 0 Å². The van der Waals surface area contributed by atoms with Gasteiger partial charge in [0.05, 0.1) is 15.7 Å². The van der Waals surface area contributed by atoms with E-state index in [0.29, 0.717) is 18.9 Å². The maximum absolute atomic E-state index is 12.9. The molecule has 3 aromatic heterocycles. The van der Waals surface area contributed by atoms with Gasteiger partial charge in [0, 0.05) is 50.2 Å². The molecule has 1 saturated heterocycles. The first-order valence-electron chi connectivity index (χ1n) is 9.39. The van der Waals surface area contributed by atoms with Crippen LogP contribution in [0.5, 0.6) is 0 Å². The Kier molecular flexibility index (Phi) is 4.44. The average Bonchev–Trinajstić information content (AvgIpc) is 3.44. The molecule has 8 nitrogen and oxygen atoms in total. The Morgan fingerprint density at radius 1 is 1.07 bits per heavy atom. The fourth-order valence-electron chi connectivity index (χ4n) is 3.53. The number of thiazole rings is 1. The van der Waals surface area contributed by atoms with Gasteiger partial charge < -0.3 is 9.80 Å². The van der Waals surface area contributed by atoms with Gasteiger partial charge in [0.2, 0.25) is 0 Å². The number of fused-ring (bicyclic) bond motifs is 1. The molecule has 29 heavy (non-hydrogen) atoms. The quantitative estimate of drug-likeness (QED) is 0.521. The van der Waals surface area contributed by atoms with E-state index < -0.39 is 0 Å². The number of rotatable bonds is 3. The van der Waals surface area contributed by atoms with Crippen LogP contribution in [0.4, 0.5) is 5.82 Å². The average molecular weight is 405 g/mol. The summed E-state index contributed by atoms with van der Waals surface area (Å²) < 4.78 is 2.91. The summed E-state index contributed by atoms with van der Waals surface area (Å²) in [6.45, 7) is 4.66. The summed E-state index contributed by atoms with van der Waals surface area (Å²) in [6, 6.07) is 7.68. The van der Waals surface area contributed by atoms with Gasteiger partial charge in [-0.15, -0.1) is 11.3 Å². The number of anilines is 1. The molecule has 0 radical (unpaired) electrons. The fourth-order valence-corrected chi connectivity index (χ4v) is 4.25. The lowest BCUT2D eigenvalue weighted by Gasteiger charge is -2.35. The van der Waals surface area contributed by atoms with Gasteiger partial charge in [0.25, 0.3) is 5.91 Å². The summed E-state index contributed by atoms with van der Waals surface area (Å²) in [6.07, 6.45) is 5.31. The van der Waals surface area contributed by atoms with E-state index in [1.165, 1.54) is 0 Å². The summed E-state index contributed by atoms with van der Waals surface area (Å²) in [4.78, 5) is 34.5. The van der Waals surface area contributed by atoms with E-state index in [1.54, 1.807) is 29.4 Å². The van der Waals surface area contributed by atoms with Crippen molar-refractivity contribution in [1.82, 2.24) is 29.4 Å². The lowest BCUT2D eigenvalue weighted by Crippen LogP contribution is -2.49.